The standard InChI is InChI=1S/C16H16BFO7/c1-8(24-7-19)13(22-2)6-23-16(20)14-12(18)4-3-9-10-5-11(10)17(21)25-15(9)14/h3-4,7,10-11,21H,5-6H2,1-2H3/b13-8-. The molecule has 25 heavy (non-hydrogen) atoms. The average molecular weight is 350 g/mol. The van der Waals surface area contributed by atoms with Crippen LogP contribution in [0.3, 0.4) is 0 Å². The van der Waals surface area contributed by atoms with Crippen LogP contribution in [0.15, 0.2) is 23.7 Å². The summed E-state index contributed by atoms with van der Waals surface area (Å²) in [6.45, 7) is 1.32. The van der Waals surface area contributed by atoms with Gasteiger partial charge >= 0.3 is 13.1 Å². The van der Waals surface area contributed by atoms with Gasteiger partial charge in [-0.3, -0.25) is 4.79 Å². The van der Waals surface area contributed by atoms with Crippen LogP contribution in [0.4, 0.5) is 4.39 Å². The number of esters is 1. The fraction of sp³-hybridized carbons (Fsp3) is 0.375. The van der Waals surface area contributed by atoms with Crippen LogP contribution in [-0.2, 0) is 19.0 Å². The van der Waals surface area contributed by atoms with Crippen LogP contribution in [-0.4, -0.2) is 38.3 Å². The molecular formula is C16H16BFO7. The molecule has 1 aliphatic heterocycles. The molecule has 7 nitrogen and oxygen atoms in total. The Kier molecular flexibility index (Phi) is 4.67. The van der Waals surface area contributed by atoms with Gasteiger partial charge in [0.05, 0.1) is 7.11 Å². The molecule has 0 radical (unpaired) electrons. The molecule has 9 heteroatoms. The molecule has 2 atom stereocenters. The Balaban J connectivity index is 1.82. The molecule has 0 spiro atoms. The van der Waals surface area contributed by atoms with Crippen molar-refractivity contribution in [2.24, 2.45) is 0 Å². The second-order valence-corrected chi connectivity index (χ2v) is 5.83. The zero-order valence-electron chi connectivity index (χ0n) is 13.7. The van der Waals surface area contributed by atoms with E-state index in [1.807, 2.05) is 0 Å². The SMILES string of the molecule is CO/C(COC(=O)c1c(F)ccc2c1OB(O)C1CC21)=C(/C)OC=O. The number of carbonyl (C=O) groups is 2. The predicted octanol–water partition coefficient (Wildman–Crippen LogP) is 1.76. The Morgan fingerprint density at radius 3 is 2.96 bits per heavy atom. The first-order valence-corrected chi connectivity index (χ1v) is 7.66. The van der Waals surface area contributed by atoms with Crippen molar-refractivity contribution in [3.8, 4) is 5.75 Å². The van der Waals surface area contributed by atoms with Gasteiger partial charge in [-0.25, -0.2) is 9.18 Å². The number of carbonyl (C=O) groups excluding carboxylic acids is 2. The van der Waals surface area contributed by atoms with Crippen LogP contribution in [0.1, 0.15) is 35.2 Å². The zero-order valence-corrected chi connectivity index (χ0v) is 13.7. The second kappa shape index (κ2) is 6.75. The maximum absolute atomic E-state index is 14.2. The minimum Gasteiger partial charge on any atom is -0.535 e. The molecule has 2 aliphatic rings. The first-order chi connectivity index (χ1) is 12.0. The summed E-state index contributed by atoms with van der Waals surface area (Å²) in [6, 6.07) is 2.74. The summed E-state index contributed by atoms with van der Waals surface area (Å²) in [6.07, 6.45) is 0.729. The number of benzene rings is 1. The molecule has 1 aromatic rings. The van der Waals surface area contributed by atoms with Gasteiger partial charge in [-0.15, -0.1) is 0 Å². The number of fused-ring (bicyclic) bond motifs is 3. The Hall–Kier alpha value is -2.55. The van der Waals surface area contributed by atoms with Gasteiger partial charge in [-0.2, -0.15) is 0 Å². The highest BCUT2D eigenvalue weighted by molar-refractivity contribution is 6.48. The van der Waals surface area contributed by atoms with E-state index < -0.39 is 18.9 Å². The van der Waals surface area contributed by atoms with Crippen molar-refractivity contribution in [2.75, 3.05) is 13.7 Å². The highest BCUT2D eigenvalue weighted by Crippen LogP contribution is 2.60. The molecule has 0 amide bonds. The van der Waals surface area contributed by atoms with Gasteiger partial charge < -0.3 is 23.9 Å². The van der Waals surface area contributed by atoms with Crippen molar-refractivity contribution < 1.29 is 37.9 Å². The summed E-state index contributed by atoms with van der Waals surface area (Å²) in [5.41, 5.74) is 0.318. The van der Waals surface area contributed by atoms with E-state index in [2.05, 4.69) is 4.74 Å². The van der Waals surface area contributed by atoms with Gasteiger partial charge in [-0.1, -0.05) is 6.07 Å². The summed E-state index contributed by atoms with van der Waals surface area (Å²) in [7, 11) is 0.252. The maximum Gasteiger partial charge on any atom is 0.526 e. The van der Waals surface area contributed by atoms with Crippen molar-refractivity contribution in [3.63, 3.8) is 0 Å². The first kappa shape index (κ1) is 17.3. The molecule has 132 valence electrons. The van der Waals surface area contributed by atoms with Crippen LogP contribution in [0.5, 0.6) is 5.75 Å². The smallest absolute Gasteiger partial charge is 0.526 e. The Labute approximate surface area is 143 Å². The Bertz CT molecular complexity index is 748. The molecule has 3 rings (SSSR count). The number of rotatable bonds is 6. The lowest BCUT2D eigenvalue weighted by Crippen LogP contribution is -2.28. The number of hydrogen-bond donors (Lipinski definition) is 1. The molecule has 1 aromatic carbocycles. The van der Waals surface area contributed by atoms with Gasteiger partial charge in [0.15, 0.2) is 12.4 Å². The van der Waals surface area contributed by atoms with Crippen molar-refractivity contribution in [2.45, 2.75) is 25.1 Å². The van der Waals surface area contributed by atoms with E-state index in [0.29, 0.717) is 5.56 Å². The van der Waals surface area contributed by atoms with Gasteiger partial charge in [0.1, 0.15) is 22.9 Å². The molecule has 0 aromatic heterocycles. The largest absolute Gasteiger partial charge is 0.535 e. The van der Waals surface area contributed by atoms with E-state index in [1.165, 1.54) is 20.1 Å². The Morgan fingerprint density at radius 2 is 2.28 bits per heavy atom. The highest BCUT2D eigenvalue weighted by atomic mass is 19.1. The van der Waals surface area contributed by atoms with E-state index in [0.717, 1.165) is 6.42 Å². The molecule has 2 unspecified atom stereocenters. The van der Waals surface area contributed by atoms with E-state index in [1.54, 1.807) is 6.07 Å². The number of methoxy groups -OCH3 is 1. The normalized spacial score (nSPS) is 21.2. The van der Waals surface area contributed by atoms with E-state index >= 15 is 0 Å². The molecule has 1 heterocycles. The molecule has 1 saturated carbocycles. The average Bonchev–Trinajstić information content (AvgIpc) is 3.37. The minimum atomic E-state index is -1.07. The van der Waals surface area contributed by atoms with Crippen LogP contribution in [0.2, 0.25) is 5.82 Å². The zero-order chi connectivity index (χ0) is 18.1. The predicted molar refractivity (Wildman–Crippen MR) is 83.2 cm³/mol. The quantitative estimate of drug-likeness (QED) is 0.362. The van der Waals surface area contributed by atoms with Crippen molar-refractivity contribution in [3.05, 3.63) is 40.6 Å². The third-order valence-electron chi connectivity index (χ3n) is 4.38. The lowest BCUT2D eigenvalue weighted by molar-refractivity contribution is -0.125. The Morgan fingerprint density at radius 1 is 1.52 bits per heavy atom. The number of hydrogen-bond acceptors (Lipinski definition) is 7. The van der Waals surface area contributed by atoms with E-state index in [9.17, 15) is 19.0 Å². The third-order valence-corrected chi connectivity index (χ3v) is 4.38. The maximum atomic E-state index is 14.2. The highest BCUT2D eigenvalue weighted by Gasteiger charge is 2.54. The summed E-state index contributed by atoms with van der Waals surface area (Å²) in [5, 5.41) is 9.88. The van der Waals surface area contributed by atoms with Gasteiger partial charge in [-0.05, 0) is 30.9 Å². The number of ether oxygens (including phenoxy) is 3. The van der Waals surface area contributed by atoms with Gasteiger partial charge in [0.2, 0.25) is 0 Å². The lowest BCUT2D eigenvalue weighted by atomic mass is 9.77. The molecule has 1 fully saturated rings. The number of halogens is 1. The van der Waals surface area contributed by atoms with E-state index in [4.69, 9.17) is 14.1 Å². The van der Waals surface area contributed by atoms with E-state index in [-0.39, 0.29) is 47.6 Å². The summed E-state index contributed by atoms with van der Waals surface area (Å²) in [4.78, 5) is 22.7. The van der Waals surface area contributed by atoms with Crippen molar-refractivity contribution in [1.82, 2.24) is 0 Å². The topological polar surface area (TPSA) is 91.3 Å². The summed E-state index contributed by atoms with van der Waals surface area (Å²) in [5.74, 6) is -1.49. The van der Waals surface area contributed by atoms with Crippen LogP contribution in [0.25, 0.3) is 0 Å². The molecular weight excluding hydrogens is 334 g/mol. The third kappa shape index (κ3) is 3.19. The molecule has 0 bridgehead atoms. The van der Waals surface area contributed by atoms with Crippen LogP contribution in [0, 0.1) is 5.82 Å². The van der Waals surface area contributed by atoms with Crippen LogP contribution >= 0.6 is 0 Å². The van der Waals surface area contributed by atoms with Crippen molar-refractivity contribution in [1.29, 1.82) is 0 Å². The molecule has 0 saturated heterocycles. The monoisotopic (exact) mass is 350 g/mol. The summed E-state index contributed by atoms with van der Waals surface area (Å²) < 4.78 is 34.2. The van der Waals surface area contributed by atoms with Crippen molar-refractivity contribution >= 4 is 19.6 Å². The van der Waals surface area contributed by atoms with Gasteiger partial charge in [0, 0.05) is 5.82 Å². The fourth-order valence-electron chi connectivity index (χ4n) is 2.92. The summed E-state index contributed by atoms with van der Waals surface area (Å²) >= 11 is 0. The molecule has 1 aliphatic carbocycles. The molecule has 1 N–H and O–H groups in total. The van der Waals surface area contributed by atoms with Gasteiger partial charge in [0.25, 0.3) is 6.47 Å². The fourth-order valence-corrected chi connectivity index (χ4v) is 2.92. The minimum absolute atomic E-state index is 0.0139. The lowest BCUT2D eigenvalue weighted by Gasteiger charge is -2.22. The first-order valence-electron chi connectivity index (χ1n) is 7.66. The number of allylic oxidation sites excluding steroid dienone is 1. The van der Waals surface area contributed by atoms with Crippen LogP contribution < -0.4 is 4.65 Å². The second-order valence-electron chi connectivity index (χ2n) is 5.83.